The van der Waals surface area contributed by atoms with Crippen molar-refractivity contribution in [3.8, 4) is 5.75 Å². The van der Waals surface area contributed by atoms with E-state index in [4.69, 9.17) is 4.74 Å². The molecule has 0 aromatic heterocycles. The van der Waals surface area contributed by atoms with E-state index < -0.39 is 5.60 Å². The molecule has 2 aliphatic heterocycles. The number of benzene rings is 2. The van der Waals surface area contributed by atoms with Crippen LogP contribution in [-0.4, -0.2) is 54.4 Å². The molecule has 4 rings (SSSR count). The minimum absolute atomic E-state index is 0.0165. The molecule has 5 nitrogen and oxygen atoms in total. The van der Waals surface area contributed by atoms with Gasteiger partial charge in [0.25, 0.3) is 0 Å². The molecule has 0 bridgehead atoms. The lowest BCUT2D eigenvalue weighted by molar-refractivity contribution is -0.00156. The number of nitrogens with zero attached hydrogens (tertiary/aromatic N) is 2. The van der Waals surface area contributed by atoms with Crippen molar-refractivity contribution in [3.63, 3.8) is 0 Å². The van der Waals surface area contributed by atoms with Gasteiger partial charge in [0.1, 0.15) is 11.4 Å². The molecular formula is C20H22N2O3. The maximum atomic E-state index is 12.8. The first-order valence-electron chi connectivity index (χ1n) is 8.69. The molecule has 25 heavy (non-hydrogen) atoms. The van der Waals surface area contributed by atoms with Gasteiger partial charge in [0, 0.05) is 45.4 Å². The Labute approximate surface area is 147 Å². The van der Waals surface area contributed by atoms with Crippen molar-refractivity contribution in [3.05, 3.63) is 42.0 Å². The zero-order valence-corrected chi connectivity index (χ0v) is 14.6. The molecule has 0 aliphatic carbocycles. The normalized spacial score (nSPS) is 18.8. The summed E-state index contributed by atoms with van der Waals surface area (Å²) in [5, 5.41) is 2.06. The number of ether oxygens (including phenoxy) is 1. The first kappa shape index (κ1) is 15.9. The molecule has 0 unspecified atom stereocenters. The fraction of sp³-hybridized carbons (Fsp3) is 0.400. The highest BCUT2D eigenvalue weighted by molar-refractivity contribution is 6.06. The highest BCUT2D eigenvalue weighted by Crippen LogP contribution is 2.42. The fourth-order valence-electron chi connectivity index (χ4n) is 3.88. The van der Waals surface area contributed by atoms with Crippen LogP contribution in [0.5, 0.6) is 5.75 Å². The highest BCUT2D eigenvalue weighted by atomic mass is 16.5. The van der Waals surface area contributed by atoms with E-state index >= 15 is 0 Å². The van der Waals surface area contributed by atoms with Gasteiger partial charge < -0.3 is 14.5 Å². The summed E-state index contributed by atoms with van der Waals surface area (Å²) in [6.45, 7) is 1.23. The fourth-order valence-corrected chi connectivity index (χ4v) is 3.88. The SMILES string of the molecule is CN(C)C(=O)N1CCC2(CC1)CC(=O)c1ccc3ccccc3c1O2. The van der Waals surface area contributed by atoms with Gasteiger partial charge in [0.05, 0.1) is 12.0 Å². The minimum atomic E-state index is -0.489. The van der Waals surface area contributed by atoms with Crippen LogP contribution in [0.4, 0.5) is 4.79 Å². The number of Topliss-reactive ketones (excluding diaryl/α,β-unsaturated/α-hetero) is 1. The second-order valence-corrected chi connectivity index (χ2v) is 7.21. The third-order valence-corrected chi connectivity index (χ3v) is 5.31. The number of hydrogen-bond donors (Lipinski definition) is 0. The van der Waals surface area contributed by atoms with Crippen LogP contribution >= 0.6 is 0 Å². The molecule has 2 amide bonds. The van der Waals surface area contributed by atoms with Crippen molar-refractivity contribution in [2.24, 2.45) is 0 Å². The van der Waals surface area contributed by atoms with Crippen molar-refractivity contribution in [2.45, 2.75) is 24.9 Å². The summed E-state index contributed by atoms with van der Waals surface area (Å²) in [5.74, 6) is 0.848. The van der Waals surface area contributed by atoms with Crippen LogP contribution < -0.4 is 4.74 Å². The number of urea groups is 1. The molecule has 5 heteroatoms. The van der Waals surface area contributed by atoms with Crippen molar-refractivity contribution in [1.82, 2.24) is 9.80 Å². The summed E-state index contributed by atoms with van der Waals surface area (Å²) in [7, 11) is 3.52. The van der Waals surface area contributed by atoms with Crippen LogP contribution in [0.25, 0.3) is 10.8 Å². The molecule has 0 atom stereocenters. The summed E-state index contributed by atoms with van der Waals surface area (Å²) < 4.78 is 6.46. The van der Waals surface area contributed by atoms with E-state index in [2.05, 4.69) is 0 Å². The number of amides is 2. The number of ketones is 1. The Morgan fingerprint density at radius 3 is 2.56 bits per heavy atom. The summed E-state index contributed by atoms with van der Waals surface area (Å²) in [5.41, 5.74) is 0.188. The molecule has 2 aromatic rings. The number of carbonyl (C=O) groups excluding carboxylic acids is 2. The average molecular weight is 338 g/mol. The van der Waals surface area contributed by atoms with E-state index in [1.807, 2.05) is 41.3 Å². The number of carbonyl (C=O) groups is 2. The summed E-state index contributed by atoms with van der Waals surface area (Å²) in [4.78, 5) is 28.3. The lowest BCUT2D eigenvalue weighted by Crippen LogP contribution is -2.53. The maximum absolute atomic E-state index is 12.8. The van der Waals surface area contributed by atoms with Gasteiger partial charge in [-0.3, -0.25) is 4.79 Å². The zero-order valence-electron chi connectivity index (χ0n) is 14.6. The van der Waals surface area contributed by atoms with Gasteiger partial charge in [-0.1, -0.05) is 30.3 Å². The molecule has 130 valence electrons. The van der Waals surface area contributed by atoms with Crippen molar-refractivity contribution in [1.29, 1.82) is 0 Å². The van der Waals surface area contributed by atoms with Gasteiger partial charge in [0.2, 0.25) is 0 Å². The first-order chi connectivity index (χ1) is 12.0. The van der Waals surface area contributed by atoms with Crippen LogP contribution in [0, 0.1) is 0 Å². The Balaban J connectivity index is 1.64. The molecule has 0 N–H and O–H groups in total. The van der Waals surface area contributed by atoms with Crippen LogP contribution in [0.3, 0.4) is 0 Å². The number of fused-ring (bicyclic) bond motifs is 3. The Morgan fingerprint density at radius 1 is 1.12 bits per heavy atom. The molecular weight excluding hydrogens is 316 g/mol. The number of piperidine rings is 1. The van der Waals surface area contributed by atoms with Gasteiger partial charge in [-0.2, -0.15) is 0 Å². The van der Waals surface area contributed by atoms with E-state index in [-0.39, 0.29) is 11.8 Å². The van der Waals surface area contributed by atoms with E-state index in [0.29, 0.717) is 43.7 Å². The Morgan fingerprint density at radius 2 is 1.84 bits per heavy atom. The van der Waals surface area contributed by atoms with E-state index in [0.717, 1.165) is 10.8 Å². The summed E-state index contributed by atoms with van der Waals surface area (Å²) >= 11 is 0. The van der Waals surface area contributed by atoms with E-state index in [9.17, 15) is 9.59 Å². The van der Waals surface area contributed by atoms with Gasteiger partial charge in [0.15, 0.2) is 5.78 Å². The average Bonchev–Trinajstić information content (AvgIpc) is 2.61. The van der Waals surface area contributed by atoms with Crippen LogP contribution in [0.2, 0.25) is 0 Å². The Kier molecular flexibility index (Phi) is 3.67. The molecule has 0 saturated carbocycles. The first-order valence-corrected chi connectivity index (χ1v) is 8.69. The maximum Gasteiger partial charge on any atom is 0.319 e. The molecule has 2 aliphatic rings. The van der Waals surface area contributed by atoms with Gasteiger partial charge in [-0.25, -0.2) is 4.79 Å². The number of hydrogen-bond acceptors (Lipinski definition) is 3. The molecule has 0 radical (unpaired) electrons. The van der Waals surface area contributed by atoms with Crippen molar-refractivity contribution >= 4 is 22.6 Å². The minimum Gasteiger partial charge on any atom is -0.485 e. The number of rotatable bonds is 0. The Hall–Kier alpha value is -2.56. The molecule has 2 heterocycles. The van der Waals surface area contributed by atoms with Gasteiger partial charge >= 0.3 is 6.03 Å². The van der Waals surface area contributed by atoms with E-state index in [1.54, 1.807) is 19.0 Å². The standard InChI is InChI=1S/C20H22N2O3/c1-21(2)19(24)22-11-9-20(10-12-22)13-17(23)16-8-7-14-5-3-4-6-15(14)18(16)25-20/h3-8H,9-13H2,1-2H3. The third-order valence-electron chi connectivity index (χ3n) is 5.31. The third kappa shape index (κ3) is 2.64. The lowest BCUT2D eigenvalue weighted by Gasteiger charge is -2.44. The number of likely N-dealkylation sites (tertiary alicyclic amines) is 1. The molecule has 2 aromatic carbocycles. The predicted molar refractivity (Wildman–Crippen MR) is 96.1 cm³/mol. The van der Waals surface area contributed by atoms with Crippen molar-refractivity contribution < 1.29 is 14.3 Å². The van der Waals surface area contributed by atoms with E-state index in [1.165, 1.54) is 0 Å². The zero-order chi connectivity index (χ0) is 17.6. The van der Waals surface area contributed by atoms with Crippen LogP contribution in [0.15, 0.2) is 36.4 Å². The molecule has 1 fully saturated rings. The van der Waals surface area contributed by atoms with Gasteiger partial charge in [-0.15, -0.1) is 0 Å². The largest absolute Gasteiger partial charge is 0.485 e. The quantitative estimate of drug-likeness (QED) is 0.740. The summed E-state index contributed by atoms with van der Waals surface area (Å²) in [6.07, 6.45) is 1.75. The monoisotopic (exact) mass is 338 g/mol. The summed E-state index contributed by atoms with van der Waals surface area (Å²) in [6, 6.07) is 11.9. The highest BCUT2D eigenvalue weighted by Gasteiger charge is 2.44. The smallest absolute Gasteiger partial charge is 0.319 e. The van der Waals surface area contributed by atoms with Gasteiger partial charge in [-0.05, 0) is 11.5 Å². The predicted octanol–water partition coefficient (Wildman–Crippen LogP) is 3.32. The second kappa shape index (κ2) is 5.76. The molecule has 1 spiro atoms. The second-order valence-electron chi connectivity index (χ2n) is 7.21. The van der Waals surface area contributed by atoms with Crippen LogP contribution in [-0.2, 0) is 0 Å². The van der Waals surface area contributed by atoms with Crippen LogP contribution in [0.1, 0.15) is 29.6 Å². The van der Waals surface area contributed by atoms with Crippen molar-refractivity contribution in [2.75, 3.05) is 27.2 Å². The molecule has 1 saturated heterocycles. The Bertz CT molecular complexity index is 851. The topological polar surface area (TPSA) is 49.9 Å². The lowest BCUT2D eigenvalue weighted by atomic mass is 9.82.